The zero-order valence-electron chi connectivity index (χ0n) is 19.1. The van der Waals surface area contributed by atoms with Crippen molar-refractivity contribution >= 4 is 39.5 Å². The second kappa shape index (κ2) is 12.7. The van der Waals surface area contributed by atoms with Crippen LogP contribution in [0.4, 0.5) is 5.95 Å². The number of benzene rings is 1. The number of hydrogen-bond donors (Lipinski definition) is 1. The van der Waals surface area contributed by atoms with E-state index in [0.29, 0.717) is 11.8 Å². The van der Waals surface area contributed by atoms with Crippen molar-refractivity contribution in [2.75, 3.05) is 12.3 Å². The third-order valence-corrected chi connectivity index (χ3v) is 21.7. The summed E-state index contributed by atoms with van der Waals surface area (Å²) in [7, 11) is 0. The number of nitrogens with zero attached hydrogens (tertiary/aromatic N) is 2. The van der Waals surface area contributed by atoms with Gasteiger partial charge in [0.2, 0.25) is 0 Å². The van der Waals surface area contributed by atoms with Gasteiger partial charge in [-0.25, -0.2) is 0 Å². The number of hydrogen-bond acceptors (Lipinski definition) is 4. The monoisotopic (exact) mass is 539 g/mol. The molecule has 0 atom stereocenters. The van der Waals surface area contributed by atoms with Gasteiger partial charge >= 0.3 is 193 Å². The summed E-state index contributed by atoms with van der Waals surface area (Å²) in [6.07, 6.45) is 7.78. The molecule has 2 N–H and O–H groups in total. The van der Waals surface area contributed by atoms with Crippen molar-refractivity contribution in [3.05, 3.63) is 29.4 Å². The molecule has 6 heteroatoms. The second-order valence-corrected chi connectivity index (χ2v) is 21.8. The van der Waals surface area contributed by atoms with Crippen LogP contribution in [0.1, 0.15) is 66.2 Å². The van der Waals surface area contributed by atoms with E-state index in [1.165, 1.54) is 51.8 Å². The summed E-state index contributed by atoms with van der Waals surface area (Å²) in [4.78, 5) is 8.51. The number of ether oxygens (including phenoxy) is 1. The number of unbranched alkanes of at least 4 members (excludes halogenated alkanes) is 3. The molecule has 1 aromatic heterocycles. The molecule has 2 aromatic rings. The molecule has 0 fully saturated rings. The van der Waals surface area contributed by atoms with Crippen LogP contribution in [-0.4, -0.2) is 35.0 Å². The minimum atomic E-state index is -2.57. The predicted octanol–water partition coefficient (Wildman–Crippen LogP) is 6.83. The number of rotatable bonds is 13. The molecule has 4 nitrogen and oxygen atoms in total. The van der Waals surface area contributed by atoms with Crippen LogP contribution in [0.3, 0.4) is 0 Å². The number of halogens is 1. The molecule has 0 radical (unpaired) electrons. The van der Waals surface area contributed by atoms with Crippen molar-refractivity contribution in [1.29, 1.82) is 0 Å². The summed E-state index contributed by atoms with van der Waals surface area (Å²) in [6.45, 7) is 9.55. The Bertz CT molecular complexity index is 758. The first-order chi connectivity index (χ1) is 14.5. The van der Waals surface area contributed by atoms with E-state index in [2.05, 4.69) is 48.9 Å². The topological polar surface area (TPSA) is 61.0 Å². The fourth-order valence-electron chi connectivity index (χ4n) is 4.27. The Morgan fingerprint density at radius 3 is 2.00 bits per heavy atom. The van der Waals surface area contributed by atoms with Gasteiger partial charge < -0.3 is 0 Å². The Labute approximate surface area is 191 Å². The Morgan fingerprint density at radius 2 is 1.50 bits per heavy atom. The van der Waals surface area contributed by atoms with Gasteiger partial charge in [-0.3, -0.25) is 0 Å². The molecule has 0 unspecified atom stereocenters. The van der Waals surface area contributed by atoms with Crippen LogP contribution in [-0.2, 0) is 0 Å². The fourth-order valence-corrected chi connectivity index (χ4v) is 20.4. The van der Waals surface area contributed by atoms with Crippen LogP contribution in [0.15, 0.2) is 24.3 Å². The van der Waals surface area contributed by atoms with Gasteiger partial charge in [-0.2, -0.15) is 0 Å². The molecule has 0 aliphatic rings. The van der Waals surface area contributed by atoms with Gasteiger partial charge in [0.05, 0.1) is 0 Å². The molecule has 1 heterocycles. The zero-order valence-corrected chi connectivity index (χ0v) is 22.7. The van der Waals surface area contributed by atoms with E-state index < -0.39 is 18.4 Å². The van der Waals surface area contributed by atoms with Gasteiger partial charge in [-0.1, -0.05) is 0 Å². The van der Waals surface area contributed by atoms with E-state index >= 15 is 0 Å². The first-order valence-electron chi connectivity index (χ1n) is 11.6. The van der Waals surface area contributed by atoms with Gasteiger partial charge in [-0.05, 0) is 0 Å². The Kier molecular flexibility index (Phi) is 10.7. The van der Waals surface area contributed by atoms with Crippen LogP contribution in [0.25, 0.3) is 11.3 Å². The molecule has 0 amide bonds. The number of aromatic nitrogens is 2. The quantitative estimate of drug-likeness (QED) is 0.224. The average molecular weight is 539 g/mol. The van der Waals surface area contributed by atoms with Crippen molar-refractivity contribution in [1.82, 2.24) is 9.97 Å². The Hall–Kier alpha value is -1.01. The molecular weight excluding hydrogens is 500 g/mol. The van der Waals surface area contributed by atoms with Gasteiger partial charge in [-0.15, -0.1) is 0 Å². The van der Waals surface area contributed by atoms with Gasteiger partial charge in [0.15, 0.2) is 0 Å². The molecule has 0 aliphatic carbocycles. The summed E-state index contributed by atoms with van der Waals surface area (Å²) < 4.78 is 11.8. The zero-order chi connectivity index (χ0) is 22.0. The van der Waals surface area contributed by atoms with E-state index in [1.54, 1.807) is 9.65 Å². The molecular formula is C24H38ClN3OSn. The van der Waals surface area contributed by atoms with Crippen molar-refractivity contribution < 1.29 is 4.74 Å². The molecule has 0 spiro atoms. The third kappa shape index (κ3) is 6.74. The maximum absolute atomic E-state index is 6.21. The third-order valence-electron chi connectivity index (χ3n) is 5.91. The molecule has 30 heavy (non-hydrogen) atoms. The van der Waals surface area contributed by atoms with Crippen molar-refractivity contribution in [3.8, 4) is 17.0 Å². The predicted molar refractivity (Wildman–Crippen MR) is 133 cm³/mol. The number of anilines is 1. The van der Waals surface area contributed by atoms with Crippen LogP contribution in [0, 0.1) is 0 Å². The van der Waals surface area contributed by atoms with Gasteiger partial charge in [0.1, 0.15) is 0 Å². The van der Waals surface area contributed by atoms with Crippen molar-refractivity contribution in [3.63, 3.8) is 0 Å². The van der Waals surface area contributed by atoms with Crippen LogP contribution >= 0.6 is 11.6 Å². The van der Waals surface area contributed by atoms with Crippen LogP contribution < -0.4 is 14.0 Å². The van der Waals surface area contributed by atoms with E-state index in [4.69, 9.17) is 22.1 Å². The summed E-state index contributed by atoms with van der Waals surface area (Å²) in [5.74, 6) is 1.04. The van der Waals surface area contributed by atoms with Gasteiger partial charge in [0.25, 0.3) is 0 Å². The molecule has 166 valence electrons. The van der Waals surface area contributed by atoms with Crippen LogP contribution in [0.5, 0.6) is 5.75 Å². The van der Waals surface area contributed by atoms with E-state index in [9.17, 15) is 0 Å². The normalized spacial score (nSPS) is 11.6. The van der Waals surface area contributed by atoms with E-state index in [-0.39, 0.29) is 5.95 Å². The fraction of sp³-hybridized carbons (Fsp3) is 0.583. The minimum absolute atomic E-state index is 0.197. The molecule has 0 aliphatic heterocycles. The number of nitrogen functional groups attached to an aromatic ring is 1. The summed E-state index contributed by atoms with van der Waals surface area (Å²) in [5.41, 5.74) is 7.65. The maximum atomic E-state index is 6.21. The first-order valence-corrected chi connectivity index (χ1v) is 19.4. The Morgan fingerprint density at radius 1 is 0.900 bits per heavy atom. The molecule has 0 bridgehead atoms. The standard InChI is InChI=1S/C12H11ClN3O.3C4H9.Sn/c1-2-17-10-6-4-3-5-8(10)9-7-11(13)16-12(14)15-9;3*1-3-4-2;/h4-7H,2H2,1H3,(H2,14,15,16);3*1,3-4H2,2H3;. The average Bonchev–Trinajstić information content (AvgIpc) is 2.73. The van der Waals surface area contributed by atoms with E-state index in [0.717, 1.165) is 17.0 Å². The second-order valence-electron chi connectivity index (χ2n) is 8.17. The molecule has 0 saturated heterocycles. The first kappa shape index (κ1) is 25.3. The van der Waals surface area contributed by atoms with Gasteiger partial charge in [0, 0.05) is 0 Å². The summed E-state index contributed by atoms with van der Waals surface area (Å²) in [6, 6.07) is 8.66. The summed E-state index contributed by atoms with van der Waals surface area (Å²) in [5, 5.41) is 0.364. The van der Waals surface area contributed by atoms with E-state index in [1.807, 2.05) is 6.92 Å². The molecule has 2 rings (SSSR count). The Balaban J connectivity index is 2.62. The van der Waals surface area contributed by atoms with Crippen molar-refractivity contribution in [2.24, 2.45) is 0 Å². The molecule has 1 aromatic carbocycles. The van der Waals surface area contributed by atoms with Crippen LogP contribution in [0.2, 0.25) is 18.5 Å². The molecule has 0 saturated carbocycles. The SMILES string of the molecule is CCC[CH2][Sn]([CH2]CCC)([CH2]CCC)[c]1ccc(OCC)c(-c2cc(Cl)nc(N)n2)c1. The summed E-state index contributed by atoms with van der Waals surface area (Å²) >= 11 is 3.64. The number of nitrogens with two attached hydrogens (primary N) is 1. The van der Waals surface area contributed by atoms with Crippen molar-refractivity contribution in [2.45, 2.75) is 79.5 Å².